The van der Waals surface area contributed by atoms with E-state index in [1.165, 1.54) is 45.1 Å². The van der Waals surface area contributed by atoms with Gasteiger partial charge in [0.05, 0.1) is 27.2 Å². The summed E-state index contributed by atoms with van der Waals surface area (Å²) in [5.41, 5.74) is 0. The monoisotopic (exact) mass is 198 g/mol. The Morgan fingerprint density at radius 2 is 1.57 bits per heavy atom. The van der Waals surface area contributed by atoms with Crippen molar-refractivity contribution in [2.75, 3.05) is 27.2 Å². The SMILES string of the molecule is C=CC[N+](C)(C)CCCCCCCC. The fraction of sp³-hybridized carbons (Fsp3) is 0.846. The Balaban J connectivity index is 3.30. The molecule has 0 aliphatic rings. The van der Waals surface area contributed by atoms with E-state index < -0.39 is 0 Å². The van der Waals surface area contributed by atoms with E-state index in [0.717, 1.165) is 11.0 Å². The molecule has 0 aromatic carbocycles. The Hall–Kier alpha value is -0.300. The second-order valence-electron chi connectivity index (χ2n) is 4.90. The molecular formula is C13H28N+. The maximum atomic E-state index is 3.80. The van der Waals surface area contributed by atoms with Crippen molar-refractivity contribution in [3.63, 3.8) is 0 Å². The van der Waals surface area contributed by atoms with Crippen molar-refractivity contribution < 1.29 is 4.48 Å². The summed E-state index contributed by atoms with van der Waals surface area (Å²) in [5.74, 6) is 0. The summed E-state index contributed by atoms with van der Waals surface area (Å²) < 4.78 is 1.09. The van der Waals surface area contributed by atoms with E-state index >= 15 is 0 Å². The summed E-state index contributed by atoms with van der Waals surface area (Å²) >= 11 is 0. The van der Waals surface area contributed by atoms with Crippen LogP contribution in [0.5, 0.6) is 0 Å². The first-order chi connectivity index (χ1) is 6.62. The van der Waals surface area contributed by atoms with Crippen molar-refractivity contribution in [2.24, 2.45) is 0 Å². The lowest BCUT2D eigenvalue weighted by Crippen LogP contribution is -2.40. The molecule has 84 valence electrons. The molecule has 0 radical (unpaired) electrons. The summed E-state index contributed by atoms with van der Waals surface area (Å²) in [6.07, 6.45) is 10.4. The summed E-state index contributed by atoms with van der Waals surface area (Å²) in [4.78, 5) is 0. The van der Waals surface area contributed by atoms with Gasteiger partial charge >= 0.3 is 0 Å². The number of hydrogen-bond donors (Lipinski definition) is 0. The van der Waals surface area contributed by atoms with Crippen LogP contribution in [0.3, 0.4) is 0 Å². The minimum absolute atomic E-state index is 1.09. The highest BCUT2D eigenvalue weighted by Crippen LogP contribution is 2.07. The van der Waals surface area contributed by atoms with Gasteiger partial charge in [-0.25, -0.2) is 0 Å². The van der Waals surface area contributed by atoms with Gasteiger partial charge in [0.25, 0.3) is 0 Å². The Kier molecular flexibility index (Phi) is 7.87. The largest absolute Gasteiger partial charge is 0.325 e. The first-order valence-electron chi connectivity index (χ1n) is 6.05. The predicted octanol–water partition coefficient (Wildman–Crippen LogP) is 3.61. The van der Waals surface area contributed by atoms with Gasteiger partial charge in [-0.15, -0.1) is 0 Å². The van der Waals surface area contributed by atoms with Gasteiger partial charge in [-0.1, -0.05) is 39.2 Å². The van der Waals surface area contributed by atoms with Gasteiger partial charge in [-0.05, 0) is 18.9 Å². The van der Waals surface area contributed by atoms with Crippen molar-refractivity contribution in [3.05, 3.63) is 12.7 Å². The minimum atomic E-state index is 1.09. The molecule has 0 aliphatic heterocycles. The van der Waals surface area contributed by atoms with Crippen LogP contribution in [0.2, 0.25) is 0 Å². The van der Waals surface area contributed by atoms with Crippen LogP contribution in [0, 0.1) is 0 Å². The van der Waals surface area contributed by atoms with E-state index in [-0.39, 0.29) is 0 Å². The molecule has 0 spiro atoms. The van der Waals surface area contributed by atoms with E-state index in [4.69, 9.17) is 0 Å². The van der Waals surface area contributed by atoms with E-state index in [9.17, 15) is 0 Å². The summed E-state index contributed by atoms with van der Waals surface area (Å²) in [6, 6.07) is 0. The first kappa shape index (κ1) is 13.7. The second-order valence-corrected chi connectivity index (χ2v) is 4.90. The molecule has 0 saturated heterocycles. The molecule has 1 heteroatoms. The van der Waals surface area contributed by atoms with Gasteiger partial charge in [-0.3, -0.25) is 0 Å². The molecule has 1 nitrogen and oxygen atoms in total. The molecular weight excluding hydrogens is 170 g/mol. The number of hydrogen-bond acceptors (Lipinski definition) is 0. The lowest BCUT2D eigenvalue weighted by Gasteiger charge is -2.28. The molecule has 0 amide bonds. The Morgan fingerprint density at radius 1 is 1.00 bits per heavy atom. The maximum absolute atomic E-state index is 3.80. The average Bonchev–Trinajstić information content (AvgIpc) is 2.11. The molecule has 0 aliphatic carbocycles. The van der Waals surface area contributed by atoms with Gasteiger partial charge in [-0.2, -0.15) is 0 Å². The fourth-order valence-corrected chi connectivity index (χ4v) is 1.76. The summed E-state index contributed by atoms with van der Waals surface area (Å²) in [5, 5.41) is 0. The predicted molar refractivity (Wildman–Crippen MR) is 65.4 cm³/mol. The van der Waals surface area contributed by atoms with Gasteiger partial charge in [0.2, 0.25) is 0 Å². The van der Waals surface area contributed by atoms with Crippen molar-refractivity contribution in [3.8, 4) is 0 Å². The third kappa shape index (κ3) is 8.31. The molecule has 0 rings (SSSR count). The van der Waals surface area contributed by atoms with Crippen LogP contribution in [0.4, 0.5) is 0 Å². The van der Waals surface area contributed by atoms with Gasteiger partial charge in [0, 0.05) is 0 Å². The molecule has 0 bridgehead atoms. The molecule has 0 aromatic rings. The standard InChI is InChI=1S/C13H28N/c1-5-7-8-9-10-11-13-14(3,4)12-6-2/h6H,2,5,7-13H2,1,3-4H3/q+1. The molecule has 0 aromatic heterocycles. The van der Waals surface area contributed by atoms with Crippen LogP contribution < -0.4 is 0 Å². The zero-order chi connectivity index (χ0) is 10.9. The normalized spacial score (nSPS) is 11.6. The fourth-order valence-electron chi connectivity index (χ4n) is 1.76. The third-order valence-corrected chi connectivity index (χ3v) is 2.74. The lowest BCUT2D eigenvalue weighted by molar-refractivity contribution is -0.884. The Labute approximate surface area is 90.4 Å². The topological polar surface area (TPSA) is 0 Å². The van der Waals surface area contributed by atoms with E-state index in [0.29, 0.717) is 0 Å². The number of quaternary nitrogens is 1. The first-order valence-corrected chi connectivity index (χ1v) is 6.05. The molecule has 0 atom stereocenters. The smallest absolute Gasteiger partial charge is 0.0966 e. The van der Waals surface area contributed by atoms with Crippen LogP contribution >= 0.6 is 0 Å². The van der Waals surface area contributed by atoms with Crippen molar-refractivity contribution in [2.45, 2.75) is 45.4 Å². The summed E-state index contributed by atoms with van der Waals surface area (Å²) in [6.45, 7) is 8.45. The van der Waals surface area contributed by atoms with Crippen molar-refractivity contribution in [1.82, 2.24) is 0 Å². The summed E-state index contributed by atoms with van der Waals surface area (Å²) in [7, 11) is 4.57. The molecule has 0 unspecified atom stereocenters. The lowest BCUT2D eigenvalue weighted by atomic mass is 10.1. The third-order valence-electron chi connectivity index (χ3n) is 2.74. The zero-order valence-corrected chi connectivity index (χ0v) is 10.4. The van der Waals surface area contributed by atoms with Crippen molar-refractivity contribution >= 4 is 0 Å². The van der Waals surface area contributed by atoms with Gasteiger partial charge < -0.3 is 4.48 Å². The van der Waals surface area contributed by atoms with E-state index in [1.807, 2.05) is 6.08 Å². The number of nitrogens with zero attached hydrogens (tertiary/aromatic N) is 1. The maximum Gasteiger partial charge on any atom is 0.0966 e. The highest BCUT2D eigenvalue weighted by molar-refractivity contribution is 4.64. The molecule has 14 heavy (non-hydrogen) atoms. The van der Waals surface area contributed by atoms with Crippen LogP contribution in [0.25, 0.3) is 0 Å². The van der Waals surface area contributed by atoms with E-state index in [1.54, 1.807) is 0 Å². The molecule has 0 N–H and O–H groups in total. The highest BCUT2D eigenvalue weighted by atomic mass is 15.3. The molecule has 0 saturated carbocycles. The molecule has 0 heterocycles. The zero-order valence-electron chi connectivity index (χ0n) is 10.4. The quantitative estimate of drug-likeness (QED) is 0.302. The van der Waals surface area contributed by atoms with Gasteiger partial charge in [0.1, 0.15) is 0 Å². The highest BCUT2D eigenvalue weighted by Gasteiger charge is 2.10. The number of unbranched alkanes of at least 4 members (excludes halogenated alkanes) is 5. The minimum Gasteiger partial charge on any atom is -0.325 e. The average molecular weight is 198 g/mol. The van der Waals surface area contributed by atoms with E-state index in [2.05, 4.69) is 27.6 Å². The second kappa shape index (κ2) is 8.05. The van der Waals surface area contributed by atoms with Gasteiger partial charge in [0.15, 0.2) is 0 Å². The van der Waals surface area contributed by atoms with Crippen LogP contribution in [0.15, 0.2) is 12.7 Å². The Morgan fingerprint density at radius 3 is 2.14 bits per heavy atom. The van der Waals surface area contributed by atoms with Crippen LogP contribution in [-0.2, 0) is 0 Å². The number of likely N-dealkylation sites (N-methyl/N-ethyl adjacent to an activating group) is 1. The van der Waals surface area contributed by atoms with Crippen LogP contribution in [0.1, 0.15) is 45.4 Å². The Bertz CT molecular complexity index is 138. The van der Waals surface area contributed by atoms with Crippen LogP contribution in [-0.4, -0.2) is 31.7 Å². The number of rotatable bonds is 9. The molecule has 0 fully saturated rings. The van der Waals surface area contributed by atoms with Crippen molar-refractivity contribution in [1.29, 1.82) is 0 Å².